The van der Waals surface area contributed by atoms with Gasteiger partial charge in [0.25, 0.3) is 0 Å². The van der Waals surface area contributed by atoms with E-state index in [1.54, 1.807) is 11.3 Å². The van der Waals surface area contributed by atoms with Gasteiger partial charge in [-0.05, 0) is 62.9 Å². The van der Waals surface area contributed by atoms with E-state index in [1.165, 1.54) is 51.7 Å². The van der Waals surface area contributed by atoms with E-state index < -0.39 is 0 Å². The number of hydrogen-bond acceptors (Lipinski definition) is 2. The molecule has 0 aliphatic carbocycles. The molecule has 0 bridgehead atoms. The largest absolute Gasteiger partial charge is 0.310 e. The van der Waals surface area contributed by atoms with E-state index in [4.69, 9.17) is 0 Å². The van der Waals surface area contributed by atoms with Gasteiger partial charge in [0, 0.05) is 6.04 Å². The van der Waals surface area contributed by atoms with Gasteiger partial charge in [-0.1, -0.05) is 39.5 Å². The summed E-state index contributed by atoms with van der Waals surface area (Å²) in [7, 11) is 0. The third-order valence-electron chi connectivity index (χ3n) is 3.05. The maximum atomic E-state index is 3.68. The molecule has 0 spiro atoms. The Balaban J connectivity index is 2.56. The van der Waals surface area contributed by atoms with Gasteiger partial charge in [0.1, 0.15) is 0 Å². The molecule has 0 radical (unpaired) electrons. The summed E-state index contributed by atoms with van der Waals surface area (Å²) in [6.07, 6.45) is 7.75. The van der Waals surface area contributed by atoms with Crippen LogP contribution in [0.1, 0.15) is 64.0 Å². The highest BCUT2D eigenvalue weighted by Gasteiger charge is 2.16. The third-order valence-corrected chi connectivity index (χ3v) is 5.43. The molecule has 0 aliphatic rings. The zero-order valence-electron chi connectivity index (χ0n) is 11.3. The molecule has 0 fully saturated rings. The SMILES string of the molecule is CCCCCCC(NCCC)c1cc(Br)sc1Br. The van der Waals surface area contributed by atoms with Crippen molar-refractivity contribution in [2.75, 3.05) is 6.54 Å². The van der Waals surface area contributed by atoms with Gasteiger partial charge < -0.3 is 5.32 Å². The number of thiophene rings is 1. The molecule has 0 aliphatic heterocycles. The van der Waals surface area contributed by atoms with Crippen molar-refractivity contribution < 1.29 is 0 Å². The van der Waals surface area contributed by atoms with Crippen LogP contribution in [0.3, 0.4) is 0 Å². The molecule has 1 nitrogen and oxygen atoms in total. The maximum Gasteiger partial charge on any atom is 0.0758 e. The first-order valence-electron chi connectivity index (χ1n) is 6.87. The lowest BCUT2D eigenvalue weighted by Crippen LogP contribution is -2.22. The summed E-state index contributed by atoms with van der Waals surface area (Å²) in [5.74, 6) is 0. The first kappa shape index (κ1) is 16.7. The number of unbranched alkanes of at least 4 members (excludes halogenated alkanes) is 3. The van der Waals surface area contributed by atoms with Crippen molar-refractivity contribution in [1.29, 1.82) is 0 Å². The van der Waals surface area contributed by atoms with Crippen molar-refractivity contribution in [3.8, 4) is 0 Å². The third kappa shape index (κ3) is 5.72. The van der Waals surface area contributed by atoms with Gasteiger partial charge in [-0.15, -0.1) is 11.3 Å². The maximum absolute atomic E-state index is 3.68. The van der Waals surface area contributed by atoms with Crippen LogP contribution in [0.25, 0.3) is 0 Å². The second-order valence-corrected chi connectivity index (χ2v) is 8.38. The summed E-state index contributed by atoms with van der Waals surface area (Å²) in [4.78, 5) is 0. The van der Waals surface area contributed by atoms with Crippen LogP contribution in [0.15, 0.2) is 13.6 Å². The quantitative estimate of drug-likeness (QED) is 0.484. The topological polar surface area (TPSA) is 12.0 Å². The van der Waals surface area contributed by atoms with E-state index in [2.05, 4.69) is 57.1 Å². The second kappa shape index (κ2) is 9.51. The Morgan fingerprint density at radius 2 is 1.94 bits per heavy atom. The lowest BCUT2D eigenvalue weighted by molar-refractivity contribution is 0.470. The summed E-state index contributed by atoms with van der Waals surface area (Å²) >= 11 is 9.02. The number of rotatable bonds is 9. The number of halogens is 2. The monoisotopic (exact) mass is 395 g/mol. The van der Waals surface area contributed by atoms with Crippen LogP contribution in [-0.4, -0.2) is 6.54 Å². The van der Waals surface area contributed by atoms with Crippen LogP contribution < -0.4 is 5.32 Å². The van der Waals surface area contributed by atoms with Crippen molar-refractivity contribution in [2.24, 2.45) is 0 Å². The summed E-state index contributed by atoms with van der Waals surface area (Å²) in [5.41, 5.74) is 1.41. The van der Waals surface area contributed by atoms with Crippen LogP contribution >= 0.6 is 43.2 Å². The van der Waals surface area contributed by atoms with Gasteiger partial charge >= 0.3 is 0 Å². The number of hydrogen-bond donors (Lipinski definition) is 1. The summed E-state index contributed by atoms with van der Waals surface area (Å²) in [6.45, 7) is 5.58. The van der Waals surface area contributed by atoms with Crippen molar-refractivity contribution in [3.63, 3.8) is 0 Å². The first-order chi connectivity index (χ1) is 8.69. The highest BCUT2D eigenvalue weighted by atomic mass is 79.9. The fraction of sp³-hybridized carbons (Fsp3) is 0.714. The van der Waals surface area contributed by atoms with Crippen LogP contribution in [0.5, 0.6) is 0 Å². The van der Waals surface area contributed by atoms with Crippen LogP contribution in [0.2, 0.25) is 0 Å². The highest BCUT2D eigenvalue weighted by Crippen LogP contribution is 2.37. The minimum absolute atomic E-state index is 0.499. The molecule has 1 heterocycles. The molecular weight excluding hydrogens is 374 g/mol. The van der Waals surface area contributed by atoms with Crippen molar-refractivity contribution in [3.05, 3.63) is 19.2 Å². The van der Waals surface area contributed by atoms with Crippen molar-refractivity contribution >= 4 is 43.2 Å². The lowest BCUT2D eigenvalue weighted by atomic mass is 10.0. The Labute approximate surface area is 132 Å². The lowest BCUT2D eigenvalue weighted by Gasteiger charge is -2.18. The van der Waals surface area contributed by atoms with E-state index >= 15 is 0 Å². The highest BCUT2D eigenvalue weighted by molar-refractivity contribution is 9.12. The molecule has 0 aromatic carbocycles. The van der Waals surface area contributed by atoms with Gasteiger partial charge in [-0.25, -0.2) is 0 Å². The van der Waals surface area contributed by atoms with Crippen LogP contribution in [-0.2, 0) is 0 Å². The molecule has 104 valence electrons. The van der Waals surface area contributed by atoms with E-state index in [-0.39, 0.29) is 0 Å². The Morgan fingerprint density at radius 1 is 1.17 bits per heavy atom. The fourth-order valence-corrected chi connectivity index (χ4v) is 5.03. The van der Waals surface area contributed by atoms with Crippen molar-refractivity contribution in [1.82, 2.24) is 5.32 Å². The summed E-state index contributed by atoms with van der Waals surface area (Å²) in [6, 6.07) is 2.75. The number of nitrogens with one attached hydrogen (secondary N) is 1. The average molecular weight is 397 g/mol. The zero-order chi connectivity index (χ0) is 13.4. The zero-order valence-corrected chi connectivity index (χ0v) is 15.3. The van der Waals surface area contributed by atoms with Gasteiger partial charge in [-0.2, -0.15) is 0 Å². The molecule has 1 unspecified atom stereocenters. The fourth-order valence-electron chi connectivity index (χ4n) is 2.05. The molecule has 1 N–H and O–H groups in total. The molecule has 0 amide bonds. The second-order valence-electron chi connectivity index (χ2n) is 4.64. The minimum atomic E-state index is 0.499. The van der Waals surface area contributed by atoms with Gasteiger partial charge in [0.15, 0.2) is 0 Å². The summed E-state index contributed by atoms with van der Waals surface area (Å²) in [5, 5.41) is 3.67. The Morgan fingerprint density at radius 3 is 2.50 bits per heavy atom. The molecule has 1 rings (SSSR count). The Hall–Kier alpha value is 0.620. The van der Waals surface area contributed by atoms with Gasteiger partial charge in [0.2, 0.25) is 0 Å². The standard InChI is InChI=1S/C14H23Br2NS/c1-3-5-6-7-8-12(17-9-4-2)11-10-13(15)18-14(11)16/h10,12,17H,3-9H2,1-2H3. The Bertz CT molecular complexity index is 339. The van der Waals surface area contributed by atoms with Crippen LogP contribution in [0.4, 0.5) is 0 Å². The van der Waals surface area contributed by atoms with E-state index in [1.807, 2.05) is 0 Å². The van der Waals surface area contributed by atoms with Gasteiger partial charge in [0.05, 0.1) is 7.57 Å². The van der Waals surface area contributed by atoms with E-state index in [0.29, 0.717) is 6.04 Å². The Kier molecular flexibility index (Phi) is 8.81. The van der Waals surface area contributed by atoms with Crippen molar-refractivity contribution in [2.45, 2.75) is 58.4 Å². The van der Waals surface area contributed by atoms with E-state index in [0.717, 1.165) is 6.54 Å². The van der Waals surface area contributed by atoms with Crippen LogP contribution in [0, 0.1) is 0 Å². The molecule has 0 saturated heterocycles. The normalized spacial score (nSPS) is 12.9. The van der Waals surface area contributed by atoms with E-state index in [9.17, 15) is 0 Å². The molecule has 1 aromatic rings. The molecule has 0 saturated carbocycles. The smallest absolute Gasteiger partial charge is 0.0758 e. The molecule has 18 heavy (non-hydrogen) atoms. The molecule has 1 aromatic heterocycles. The van der Waals surface area contributed by atoms with Gasteiger partial charge in [-0.3, -0.25) is 0 Å². The first-order valence-corrected chi connectivity index (χ1v) is 9.27. The molecule has 4 heteroatoms. The predicted octanol–water partition coefficient (Wildman–Crippen LogP) is 6.28. The molecular formula is C14H23Br2NS. The average Bonchev–Trinajstić information content (AvgIpc) is 2.68. The molecule has 1 atom stereocenters. The summed E-state index contributed by atoms with van der Waals surface area (Å²) < 4.78 is 2.47. The predicted molar refractivity (Wildman–Crippen MR) is 89.5 cm³/mol. The minimum Gasteiger partial charge on any atom is -0.310 e.